The number of hydrogen-bond donors (Lipinski definition) is 1. The van der Waals surface area contributed by atoms with Crippen LogP contribution in [0.4, 0.5) is 9.18 Å². The summed E-state index contributed by atoms with van der Waals surface area (Å²) in [6, 6.07) is 6.42. The first-order valence-corrected chi connectivity index (χ1v) is 8.25. The summed E-state index contributed by atoms with van der Waals surface area (Å²) in [5.74, 6) is -0.223. The molecule has 1 heterocycles. The molecule has 5 nitrogen and oxygen atoms in total. The molecule has 1 N–H and O–H groups in total. The predicted molar refractivity (Wildman–Crippen MR) is 89.1 cm³/mol. The van der Waals surface area contributed by atoms with Crippen LogP contribution in [0.25, 0.3) is 0 Å². The number of halogens is 1. The molecule has 1 aromatic carbocycles. The van der Waals surface area contributed by atoms with Crippen molar-refractivity contribution >= 4 is 12.0 Å². The second kappa shape index (κ2) is 7.64. The number of alkyl carbamates (subject to hydrolysis) is 1. The minimum absolute atomic E-state index is 0.0357. The number of carbonyl (C=O) groups is 2. The fourth-order valence-electron chi connectivity index (χ4n) is 2.68. The van der Waals surface area contributed by atoms with E-state index in [0.29, 0.717) is 37.9 Å². The monoisotopic (exact) mass is 336 g/mol. The van der Waals surface area contributed by atoms with Gasteiger partial charge in [-0.05, 0) is 45.2 Å². The van der Waals surface area contributed by atoms with Crippen molar-refractivity contribution < 1.29 is 18.7 Å². The maximum absolute atomic E-state index is 13.7. The van der Waals surface area contributed by atoms with Crippen molar-refractivity contribution in [1.29, 1.82) is 0 Å². The highest BCUT2D eigenvalue weighted by atomic mass is 19.1. The van der Waals surface area contributed by atoms with Gasteiger partial charge in [-0.15, -0.1) is 0 Å². The normalized spacial score (nSPS) is 18.4. The van der Waals surface area contributed by atoms with Crippen LogP contribution in [0.5, 0.6) is 0 Å². The number of nitrogens with zero attached hydrogens (tertiary/aromatic N) is 1. The molecule has 0 spiro atoms. The summed E-state index contributed by atoms with van der Waals surface area (Å²) >= 11 is 0. The van der Waals surface area contributed by atoms with E-state index < -0.39 is 11.7 Å². The molecule has 1 fully saturated rings. The van der Waals surface area contributed by atoms with E-state index in [1.54, 1.807) is 43.9 Å². The minimum atomic E-state index is -0.556. The lowest BCUT2D eigenvalue weighted by atomic mass is 10.0. The van der Waals surface area contributed by atoms with Gasteiger partial charge in [-0.2, -0.15) is 0 Å². The number of benzene rings is 1. The maximum Gasteiger partial charge on any atom is 0.407 e. The topological polar surface area (TPSA) is 58.6 Å². The van der Waals surface area contributed by atoms with Crippen LogP contribution >= 0.6 is 0 Å². The smallest absolute Gasteiger partial charge is 0.407 e. The van der Waals surface area contributed by atoms with Crippen LogP contribution in [-0.2, 0) is 16.0 Å². The van der Waals surface area contributed by atoms with E-state index >= 15 is 0 Å². The van der Waals surface area contributed by atoms with Crippen molar-refractivity contribution in [2.75, 3.05) is 13.1 Å². The lowest BCUT2D eigenvalue weighted by Crippen LogP contribution is -2.51. The molecule has 24 heavy (non-hydrogen) atoms. The van der Waals surface area contributed by atoms with E-state index in [2.05, 4.69) is 5.32 Å². The molecule has 1 aliphatic heterocycles. The summed E-state index contributed by atoms with van der Waals surface area (Å²) in [5, 5.41) is 2.81. The molecule has 1 atom stereocenters. The molecule has 2 amide bonds. The summed E-state index contributed by atoms with van der Waals surface area (Å²) < 4.78 is 18.9. The number of hydrogen-bond acceptors (Lipinski definition) is 3. The fourth-order valence-corrected chi connectivity index (χ4v) is 2.68. The van der Waals surface area contributed by atoms with Crippen molar-refractivity contribution in [3.63, 3.8) is 0 Å². The lowest BCUT2D eigenvalue weighted by Gasteiger charge is -2.33. The quantitative estimate of drug-likeness (QED) is 0.920. The van der Waals surface area contributed by atoms with E-state index in [9.17, 15) is 14.0 Å². The van der Waals surface area contributed by atoms with Gasteiger partial charge in [-0.25, -0.2) is 9.18 Å². The van der Waals surface area contributed by atoms with Crippen molar-refractivity contribution in [3.05, 3.63) is 35.6 Å². The van der Waals surface area contributed by atoms with Crippen LogP contribution < -0.4 is 5.32 Å². The number of rotatable bonds is 4. The molecule has 0 bridgehead atoms. The Hall–Kier alpha value is -2.11. The SMILES string of the molecule is CC(C)(C)OC(=O)NC1CCC(=O)N(CCc2ccccc2F)C1. The molecule has 6 heteroatoms. The van der Waals surface area contributed by atoms with E-state index in [1.807, 2.05) is 0 Å². The first-order chi connectivity index (χ1) is 11.2. The zero-order chi connectivity index (χ0) is 17.7. The molecule has 1 aliphatic rings. The van der Waals surface area contributed by atoms with E-state index in [1.165, 1.54) is 6.07 Å². The lowest BCUT2D eigenvalue weighted by molar-refractivity contribution is -0.134. The van der Waals surface area contributed by atoms with Crippen LogP contribution in [-0.4, -0.2) is 41.6 Å². The number of nitrogens with one attached hydrogen (secondary N) is 1. The van der Waals surface area contributed by atoms with Crippen molar-refractivity contribution in [1.82, 2.24) is 10.2 Å². The highest BCUT2D eigenvalue weighted by Gasteiger charge is 2.28. The van der Waals surface area contributed by atoms with Crippen molar-refractivity contribution in [2.24, 2.45) is 0 Å². The number of ether oxygens (including phenoxy) is 1. The average Bonchev–Trinajstić information content (AvgIpc) is 2.47. The Morgan fingerprint density at radius 3 is 2.75 bits per heavy atom. The van der Waals surface area contributed by atoms with Gasteiger partial charge in [-0.3, -0.25) is 4.79 Å². The van der Waals surface area contributed by atoms with Gasteiger partial charge in [-0.1, -0.05) is 18.2 Å². The van der Waals surface area contributed by atoms with Crippen LogP contribution in [0.3, 0.4) is 0 Å². The third kappa shape index (κ3) is 5.51. The van der Waals surface area contributed by atoms with Gasteiger partial charge in [0.05, 0.1) is 6.04 Å². The Morgan fingerprint density at radius 2 is 2.08 bits per heavy atom. The Balaban J connectivity index is 1.87. The van der Waals surface area contributed by atoms with Crippen molar-refractivity contribution in [2.45, 2.75) is 51.7 Å². The second-order valence-electron chi connectivity index (χ2n) is 7.06. The van der Waals surface area contributed by atoms with Crippen LogP contribution in [0.1, 0.15) is 39.2 Å². The maximum atomic E-state index is 13.7. The first-order valence-electron chi connectivity index (χ1n) is 8.25. The van der Waals surface area contributed by atoms with Crippen molar-refractivity contribution in [3.8, 4) is 0 Å². The number of likely N-dealkylation sites (tertiary alicyclic amines) is 1. The van der Waals surface area contributed by atoms with E-state index in [-0.39, 0.29) is 17.8 Å². The molecule has 1 aromatic rings. The summed E-state index contributed by atoms with van der Waals surface area (Å²) in [7, 11) is 0. The fraction of sp³-hybridized carbons (Fsp3) is 0.556. The van der Waals surface area contributed by atoms with Gasteiger partial charge < -0.3 is 15.0 Å². The summed E-state index contributed by atoms with van der Waals surface area (Å²) in [6.45, 7) is 6.27. The number of piperidine rings is 1. The Bertz CT molecular complexity index is 598. The molecule has 132 valence electrons. The van der Waals surface area contributed by atoms with Crippen LogP contribution in [0.2, 0.25) is 0 Å². The van der Waals surface area contributed by atoms with Crippen LogP contribution in [0.15, 0.2) is 24.3 Å². The standard InChI is InChI=1S/C18H25FN2O3/c1-18(2,3)24-17(23)20-14-8-9-16(22)21(12-14)11-10-13-6-4-5-7-15(13)19/h4-7,14H,8-12H2,1-3H3,(H,20,23). The molecule has 0 radical (unpaired) electrons. The van der Waals surface area contributed by atoms with Crippen LogP contribution in [0, 0.1) is 5.82 Å². The first kappa shape index (κ1) is 18.2. The number of carbonyl (C=O) groups excluding carboxylic acids is 2. The summed E-state index contributed by atoms with van der Waals surface area (Å²) in [5.41, 5.74) is 0.0338. The molecule has 0 aliphatic carbocycles. The van der Waals surface area contributed by atoms with E-state index in [4.69, 9.17) is 4.74 Å². The van der Waals surface area contributed by atoms with Gasteiger partial charge in [0.15, 0.2) is 0 Å². The third-order valence-electron chi connectivity index (χ3n) is 3.83. The van der Waals surface area contributed by atoms with Gasteiger partial charge in [0.1, 0.15) is 11.4 Å². The highest BCUT2D eigenvalue weighted by Crippen LogP contribution is 2.15. The minimum Gasteiger partial charge on any atom is -0.444 e. The third-order valence-corrected chi connectivity index (χ3v) is 3.83. The molecule has 1 unspecified atom stereocenters. The molecular formula is C18H25FN2O3. The second-order valence-corrected chi connectivity index (χ2v) is 7.06. The largest absolute Gasteiger partial charge is 0.444 e. The molecule has 0 saturated carbocycles. The molecular weight excluding hydrogens is 311 g/mol. The number of amides is 2. The summed E-state index contributed by atoms with van der Waals surface area (Å²) in [6.07, 6.45) is 0.944. The Labute approximate surface area is 142 Å². The van der Waals surface area contributed by atoms with E-state index in [0.717, 1.165) is 0 Å². The zero-order valence-corrected chi connectivity index (χ0v) is 14.5. The molecule has 0 aromatic heterocycles. The average molecular weight is 336 g/mol. The molecule has 2 rings (SSSR count). The highest BCUT2D eigenvalue weighted by molar-refractivity contribution is 5.77. The Kier molecular flexibility index (Phi) is 5.80. The summed E-state index contributed by atoms with van der Waals surface area (Å²) in [4.78, 5) is 25.6. The zero-order valence-electron chi connectivity index (χ0n) is 14.5. The Morgan fingerprint density at radius 1 is 1.38 bits per heavy atom. The molecule has 1 saturated heterocycles. The van der Waals surface area contributed by atoms with Gasteiger partial charge >= 0.3 is 6.09 Å². The predicted octanol–water partition coefficient (Wildman–Crippen LogP) is 2.88. The van der Waals surface area contributed by atoms with Gasteiger partial charge in [0, 0.05) is 19.5 Å². The van der Waals surface area contributed by atoms with Gasteiger partial charge in [0.25, 0.3) is 0 Å². The van der Waals surface area contributed by atoms with Gasteiger partial charge in [0.2, 0.25) is 5.91 Å².